The Hall–Kier alpha value is -2.64. The van der Waals surface area contributed by atoms with E-state index >= 15 is 0 Å². The van der Waals surface area contributed by atoms with Crippen LogP contribution in [0.25, 0.3) is 22.4 Å². The first-order chi connectivity index (χ1) is 16.0. The summed E-state index contributed by atoms with van der Waals surface area (Å²) in [6.07, 6.45) is 1.17. The molecule has 1 aromatic heterocycles. The van der Waals surface area contributed by atoms with Gasteiger partial charge >= 0.3 is 0 Å². The van der Waals surface area contributed by atoms with Crippen LogP contribution in [0, 0.1) is 11.8 Å². The van der Waals surface area contributed by atoms with Crippen LogP contribution in [-0.2, 0) is 9.59 Å². The van der Waals surface area contributed by atoms with Crippen LogP contribution in [0.2, 0.25) is 0 Å². The van der Waals surface area contributed by atoms with E-state index in [9.17, 15) is 9.59 Å². The number of rotatable bonds is 7. The summed E-state index contributed by atoms with van der Waals surface area (Å²) in [6.45, 7) is 6.03. The number of amides is 2. The van der Waals surface area contributed by atoms with E-state index in [4.69, 9.17) is 0 Å². The van der Waals surface area contributed by atoms with Crippen molar-refractivity contribution in [2.45, 2.75) is 20.3 Å². The Morgan fingerprint density at radius 3 is 2.30 bits per heavy atom. The molecule has 0 bridgehead atoms. The van der Waals surface area contributed by atoms with Gasteiger partial charge < -0.3 is 10.2 Å². The number of benzene rings is 2. The zero-order chi connectivity index (χ0) is 23.2. The molecule has 1 fully saturated rings. The van der Waals surface area contributed by atoms with Crippen LogP contribution in [0.15, 0.2) is 60.0 Å². The summed E-state index contributed by atoms with van der Waals surface area (Å²) in [5.74, 6) is 1.66. The quantitative estimate of drug-likeness (QED) is 0.475. The van der Waals surface area contributed by atoms with Gasteiger partial charge in [0.2, 0.25) is 11.8 Å². The number of anilines is 1. The molecule has 0 radical (unpaired) electrons. The Kier molecular flexibility index (Phi) is 7.83. The predicted octanol–water partition coefficient (Wildman–Crippen LogP) is 5.65. The topological polar surface area (TPSA) is 62.3 Å². The molecule has 0 aliphatic carbocycles. The van der Waals surface area contributed by atoms with Crippen molar-refractivity contribution >= 4 is 40.0 Å². The molecule has 1 aliphatic heterocycles. The summed E-state index contributed by atoms with van der Waals surface area (Å²) >= 11 is 2.77. The molecule has 1 saturated heterocycles. The number of hydrogen-bond donors (Lipinski definition) is 1. The molecule has 1 N–H and O–H groups in total. The molecule has 3 aromatic rings. The lowest BCUT2D eigenvalue weighted by atomic mass is 9.92. The lowest BCUT2D eigenvalue weighted by Gasteiger charge is -2.35. The molecule has 2 heterocycles. The fraction of sp³-hybridized carbons (Fsp3) is 0.346. The number of carbonyl (C=O) groups is 2. The van der Waals surface area contributed by atoms with Crippen molar-refractivity contribution in [3.8, 4) is 22.4 Å². The summed E-state index contributed by atoms with van der Waals surface area (Å²) < 4.78 is 0. The van der Waals surface area contributed by atoms with Gasteiger partial charge in [-0.2, -0.15) is 0 Å². The van der Waals surface area contributed by atoms with Gasteiger partial charge in [0, 0.05) is 24.0 Å². The van der Waals surface area contributed by atoms with Gasteiger partial charge in [0.05, 0.1) is 17.2 Å². The first kappa shape index (κ1) is 23.5. The van der Waals surface area contributed by atoms with E-state index in [1.807, 2.05) is 40.6 Å². The number of nitrogens with zero attached hydrogens (tertiary/aromatic N) is 2. The molecule has 0 spiro atoms. The van der Waals surface area contributed by atoms with Gasteiger partial charge in [0.15, 0.2) is 5.13 Å². The fourth-order valence-corrected chi connectivity index (χ4v) is 5.72. The maximum atomic E-state index is 12.5. The molecule has 5 nitrogen and oxygen atoms in total. The highest BCUT2D eigenvalue weighted by atomic mass is 32.2. The number of nitrogens with one attached hydrogen (secondary N) is 1. The van der Waals surface area contributed by atoms with Crippen molar-refractivity contribution in [3.63, 3.8) is 0 Å². The molecule has 2 unspecified atom stereocenters. The third kappa shape index (κ3) is 6.45. The minimum absolute atomic E-state index is 0.127. The van der Waals surface area contributed by atoms with Crippen LogP contribution in [0.3, 0.4) is 0 Å². The van der Waals surface area contributed by atoms with E-state index in [2.05, 4.69) is 48.4 Å². The van der Waals surface area contributed by atoms with Crippen LogP contribution < -0.4 is 5.32 Å². The summed E-state index contributed by atoms with van der Waals surface area (Å²) in [5, 5.41) is 5.38. The van der Waals surface area contributed by atoms with E-state index < -0.39 is 0 Å². The van der Waals surface area contributed by atoms with Gasteiger partial charge in [-0.05, 0) is 29.4 Å². The molecule has 2 amide bonds. The second-order valence-corrected chi connectivity index (χ2v) is 10.6. The minimum Gasteiger partial charge on any atom is -0.341 e. The van der Waals surface area contributed by atoms with Crippen LogP contribution in [0.1, 0.15) is 20.3 Å². The van der Waals surface area contributed by atoms with Gasteiger partial charge in [-0.3, -0.25) is 9.59 Å². The third-order valence-electron chi connectivity index (χ3n) is 5.72. The normalized spacial score (nSPS) is 18.2. The maximum absolute atomic E-state index is 12.5. The molecule has 33 heavy (non-hydrogen) atoms. The maximum Gasteiger partial charge on any atom is 0.236 e. The van der Waals surface area contributed by atoms with Crippen molar-refractivity contribution in [1.82, 2.24) is 9.88 Å². The average Bonchev–Trinajstić information content (AvgIpc) is 3.27. The smallest absolute Gasteiger partial charge is 0.236 e. The Labute approximate surface area is 203 Å². The van der Waals surface area contributed by atoms with E-state index in [1.54, 1.807) is 0 Å². The second kappa shape index (κ2) is 11.0. The summed E-state index contributed by atoms with van der Waals surface area (Å²) in [5.41, 5.74) is 4.18. The van der Waals surface area contributed by atoms with Crippen LogP contribution in [0.4, 0.5) is 5.13 Å². The van der Waals surface area contributed by atoms with Crippen LogP contribution in [0.5, 0.6) is 0 Å². The monoisotopic (exact) mass is 479 g/mol. The number of hydrogen-bond acceptors (Lipinski definition) is 5. The fourth-order valence-electron chi connectivity index (χ4n) is 4.27. The molecule has 4 rings (SSSR count). The number of aromatic nitrogens is 1. The van der Waals surface area contributed by atoms with Gasteiger partial charge in [0.1, 0.15) is 0 Å². The molecular weight excluding hydrogens is 450 g/mol. The van der Waals surface area contributed by atoms with Crippen molar-refractivity contribution in [2.75, 3.05) is 29.9 Å². The molecular formula is C26H29N3O2S2. The SMILES string of the molecule is CC1CC(C)CN(C(=O)CSCC(=O)Nc2nc(-c3ccc(-c4ccccc4)cc3)cs2)C1. The average molecular weight is 480 g/mol. The first-order valence-electron chi connectivity index (χ1n) is 11.2. The lowest BCUT2D eigenvalue weighted by molar-refractivity contribution is -0.130. The number of carbonyl (C=O) groups excluding carboxylic acids is 2. The molecule has 7 heteroatoms. The van der Waals surface area contributed by atoms with Gasteiger partial charge in [-0.15, -0.1) is 23.1 Å². The molecule has 172 valence electrons. The molecule has 0 saturated carbocycles. The number of thiazole rings is 1. The number of thioether (sulfide) groups is 1. The van der Waals surface area contributed by atoms with Gasteiger partial charge in [-0.1, -0.05) is 68.4 Å². The van der Waals surface area contributed by atoms with E-state index in [1.165, 1.54) is 35.1 Å². The highest BCUT2D eigenvalue weighted by Gasteiger charge is 2.25. The molecule has 2 atom stereocenters. The Morgan fingerprint density at radius 1 is 0.970 bits per heavy atom. The Morgan fingerprint density at radius 2 is 1.61 bits per heavy atom. The highest BCUT2D eigenvalue weighted by Crippen LogP contribution is 2.28. The van der Waals surface area contributed by atoms with Crippen molar-refractivity contribution in [1.29, 1.82) is 0 Å². The molecule has 2 aromatic carbocycles. The minimum atomic E-state index is -0.131. The largest absolute Gasteiger partial charge is 0.341 e. The number of piperidine rings is 1. The van der Waals surface area contributed by atoms with Crippen LogP contribution >= 0.6 is 23.1 Å². The van der Waals surface area contributed by atoms with Crippen LogP contribution in [-0.4, -0.2) is 46.3 Å². The van der Waals surface area contributed by atoms with E-state index in [0.717, 1.165) is 29.9 Å². The number of likely N-dealkylation sites (tertiary alicyclic amines) is 1. The second-order valence-electron chi connectivity index (χ2n) is 8.77. The standard InChI is InChI=1S/C26H29N3O2S2/c1-18-12-19(2)14-29(13-18)25(31)17-32-16-24(30)28-26-27-23(15-33-26)22-10-8-21(9-11-22)20-6-4-3-5-7-20/h3-11,15,18-19H,12-14,16-17H2,1-2H3,(H,27,28,30). The summed E-state index contributed by atoms with van der Waals surface area (Å²) in [4.78, 5) is 31.3. The van der Waals surface area contributed by atoms with Gasteiger partial charge in [0.25, 0.3) is 0 Å². The van der Waals surface area contributed by atoms with Gasteiger partial charge in [-0.25, -0.2) is 4.98 Å². The summed E-state index contributed by atoms with van der Waals surface area (Å²) in [7, 11) is 0. The van der Waals surface area contributed by atoms with E-state index in [-0.39, 0.29) is 17.6 Å². The lowest BCUT2D eigenvalue weighted by Crippen LogP contribution is -2.43. The Bertz CT molecular complexity index is 1070. The first-order valence-corrected chi connectivity index (χ1v) is 13.3. The third-order valence-corrected chi connectivity index (χ3v) is 7.39. The van der Waals surface area contributed by atoms with Crippen molar-refractivity contribution in [3.05, 3.63) is 60.0 Å². The zero-order valence-electron chi connectivity index (χ0n) is 19.0. The van der Waals surface area contributed by atoms with E-state index in [0.29, 0.717) is 22.7 Å². The Balaban J connectivity index is 1.25. The predicted molar refractivity (Wildman–Crippen MR) is 138 cm³/mol. The zero-order valence-corrected chi connectivity index (χ0v) is 20.6. The van der Waals surface area contributed by atoms with Crippen molar-refractivity contribution < 1.29 is 9.59 Å². The molecule has 1 aliphatic rings. The summed E-state index contributed by atoms with van der Waals surface area (Å²) in [6, 6.07) is 18.5. The highest BCUT2D eigenvalue weighted by molar-refractivity contribution is 8.00. The van der Waals surface area contributed by atoms with Crippen molar-refractivity contribution in [2.24, 2.45) is 11.8 Å².